The topological polar surface area (TPSA) is 40.6 Å². The Morgan fingerprint density at radius 1 is 0.906 bits per heavy atom. The molecule has 0 amide bonds. The van der Waals surface area contributed by atoms with Crippen molar-refractivity contribution < 1.29 is 4.84 Å². The lowest BCUT2D eigenvalue weighted by Crippen LogP contribution is -2.47. The van der Waals surface area contributed by atoms with E-state index in [2.05, 4.69) is 46.4 Å². The first-order chi connectivity index (χ1) is 15.7. The molecule has 162 valence electrons. The highest BCUT2D eigenvalue weighted by Crippen LogP contribution is 2.28. The molecule has 0 spiro atoms. The summed E-state index contributed by atoms with van der Waals surface area (Å²) in [5.74, 6) is 0.839. The molecule has 5 rings (SSSR count). The van der Waals surface area contributed by atoms with E-state index in [0.29, 0.717) is 5.02 Å². The van der Waals surface area contributed by atoms with Crippen LogP contribution in [0.15, 0.2) is 79.0 Å². The van der Waals surface area contributed by atoms with Crippen LogP contribution in [-0.2, 0) is 0 Å². The number of aromatic nitrogens is 1. The number of fused-ring (bicyclic) bond motifs is 1. The summed E-state index contributed by atoms with van der Waals surface area (Å²) in [5, 5.41) is 7.22. The number of hydrogen-bond donors (Lipinski definition) is 1. The lowest BCUT2D eigenvalue weighted by molar-refractivity contribution is -0.0619. The molecule has 0 radical (unpaired) electrons. The van der Waals surface area contributed by atoms with E-state index in [1.807, 2.05) is 53.6 Å². The third kappa shape index (κ3) is 4.49. The molecule has 2 heterocycles. The van der Waals surface area contributed by atoms with Gasteiger partial charge in [-0.25, -0.2) is 0 Å². The second kappa shape index (κ2) is 9.07. The van der Waals surface area contributed by atoms with Gasteiger partial charge >= 0.3 is 0 Å². The number of aryl methyl sites for hydroxylation is 1. The van der Waals surface area contributed by atoms with E-state index in [1.165, 1.54) is 11.3 Å². The van der Waals surface area contributed by atoms with Gasteiger partial charge in [-0.15, -0.1) is 5.06 Å². The lowest BCUT2D eigenvalue weighted by atomic mass is 10.1. The molecule has 0 aliphatic carbocycles. The smallest absolute Gasteiger partial charge is 0.147 e. The van der Waals surface area contributed by atoms with Crippen molar-refractivity contribution in [1.29, 1.82) is 0 Å². The number of pyridine rings is 1. The molecule has 1 aromatic heterocycles. The van der Waals surface area contributed by atoms with E-state index in [0.717, 1.165) is 54.2 Å². The first-order valence-corrected chi connectivity index (χ1v) is 11.2. The zero-order valence-corrected chi connectivity index (χ0v) is 18.7. The number of nitrogens with one attached hydrogen (secondary N) is 1. The summed E-state index contributed by atoms with van der Waals surface area (Å²) in [5.41, 5.74) is 5.48. The first kappa shape index (κ1) is 20.6. The van der Waals surface area contributed by atoms with Gasteiger partial charge in [-0.2, -0.15) is 0 Å². The quantitative estimate of drug-likeness (QED) is 0.405. The van der Waals surface area contributed by atoms with Gasteiger partial charge < -0.3 is 15.1 Å². The zero-order valence-electron chi connectivity index (χ0n) is 18.0. The number of hydroxylamine groups is 2. The summed E-state index contributed by atoms with van der Waals surface area (Å²) in [6.07, 6.45) is 1.79. The summed E-state index contributed by atoms with van der Waals surface area (Å²) in [6.45, 7) is 5.78. The monoisotopic (exact) mass is 444 g/mol. The largest absolute Gasteiger partial charge is 0.406 e. The molecule has 0 saturated carbocycles. The van der Waals surface area contributed by atoms with E-state index in [1.54, 1.807) is 6.20 Å². The number of hydrogen-bond acceptors (Lipinski definition) is 5. The molecule has 4 aromatic rings. The van der Waals surface area contributed by atoms with Crippen LogP contribution in [0.2, 0.25) is 5.02 Å². The zero-order chi connectivity index (χ0) is 21.9. The van der Waals surface area contributed by atoms with Gasteiger partial charge in [-0.1, -0.05) is 29.8 Å². The molecule has 32 heavy (non-hydrogen) atoms. The molecule has 0 unspecified atom stereocenters. The summed E-state index contributed by atoms with van der Waals surface area (Å²) >= 11 is 6.09. The SMILES string of the molecule is Cc1ccccc1N1CCN(Oc2ccc(Nc3ccnc4cc(Cl)ccc34)cc2)CC1. The van der Waals surface area contributed by atoms with E-state index >= 15 is 0 Å². The van der Waals surface area contributed by atoms with Crippen LogP contribution in [0.25, 0.3) is 10.9 Å². The van der Waals surface area contributed by atoms with Crippen molar-refractivity contribution in [1.82, 2.24) is 10.0 Å². The molecular weight excluding hydrogens is 420 g/mol. The highest BCUT2D eigenvalue weighted by Gasteiger charge is 2.19. The highest BCUT2D eigenvalue weighted by atomic mass is 35.5. The fourth-order valence-corrected chi connectivity index (χ4v) is 4.24. The number of halogens is 1. The molecule has 0 bridgehead atoms. The van der Waals surface area contributed by atoms with Crippen LogP contribution in [0.4, 0.5) is 17.1 Å². The van der Waals surface area contributed by atoms with Crippen LogP contribution in [0.3, 0.4) is 0 Å². The molecule has 1 aliphatic rings. The molecule has 5 nitrogen and oxygen atoms in total. The highest BCUT2D eigenvalue weighted by molar-refractivity contribution is 6.31. The summed E-state index contributed by atoms with van der Waals surface area (Å²) in [6, 6.07) is 24.3. The average molecular weight is 445 g/mol. The number of anilines is 3. The van der Waals surface area contributed by atoms with Gasteiger partial charge in [0.05, 0.1) is 18.6 Å². The van der Waals surface area contributed by atoms with Gasteiger partial charge in [0, 0.05) is 46.8 Å². The fourth-order valence-electron chi connectivity index (χ4n) is 4.07. The third-order valence-electron chi connectivity index (χ3n) is 5.77. The van der Waals surface area contributed by atoms with Crippen LogP contribution in [0, 0.1) is 6.92 Å². The minimum absolute atomic E-state index is 0.684. The maximum Gasteiger partial charge on any atom is 0.147 e. The Bertz CT molecular complexity index is 1220. The van der Waals surface area contributed by atoms with Gasteiger partial charge in [0.1, 0.15) is 5.75 Å². The number of para-hydroxylation sites is 1. The number of rotatable bonds is 5. The Hall–Kier alpha value is -3.28. The van der Waals surface area contributed by atoms with Crippen molar-refractivity contribution in [3.63, 3.8) is 0 Å². The molecular formula is C26H25ClN4O. The summed E-state index contributed by atoms with van der Waals surface area (Å²) in [4.78, 5) is 12.9. The van der Waals surface area contributed by atoms with Crippen molar-refractivity contribution >= 4 is 39.6 Å². The van der Waals surface area contributed by atoms with Crippen LogP contribution in [-0.4, -0.2) is 36.2 Å². The summed E-state index contributed by atoms with van der Waals surface area (Å²) < 4.78 is 0. The van der Waals surface area contributed by atoms with Gasteiger partial charge in [-0.05, 0) is 67.1 Å². The van der Waals surface area contributed by atoms with Gasteiger partial charge in [0.2, 0.25) is 0 Å². The standard InChI is InChI=1S/C26H25ClN4O/c1-19-4-2-3-5-26(19)30-14-16-31(17-15-30)32-22-9-7-21(8-10-22)29-24-12-13-28-25-18-20(27)6-11-23(24)25/h2-13,18H,14-17H2,1H3,(H,28,29). The van der Waals surface area contributed by atoms with Crippen molar-refractivity contribution in [2.45, 2.75) is 6.92 Å². The van der Waals surface area contributed by atoms with Crippen LogP contribution < -0.4 is 15.1 Å². The minimum atomic E-state index is 0.684. The Balaban J connectivity index is 1.20. The third-order valence-corrected chi connectivity index (χ3v) is 6.00. The number of nitrogens with zero attached hydrogens (tertiary/aromatic N) is 3. The molecule has 1 aliphatic heterocycles. The second-order valence-corrected chi connectivity index (χ2v) is 8.40. The van der Waals surface area contributed by atoms with Crippen LogP contribution in [0.5, 0.6) is 5.75 Å². The first-order valence-electron chi connectivity index (χ1n) is 10.8. The normalized spacial score (nSPS) is 14.5. The maximum absolute atomic E-state index is 6.11. The molecule has 3 aromatic carbocycles. The van der Waals surface area contributed by atoms with Crippen molar-refractivity contribution in [3.8, 4) is 5.75 Å². The number of piperazine rings is 1. The predicted molar refractivity (Wildman–Crippen MR) is 132 cm³/mol. The van der Waals surface area contributed by atoms with E-state index in [-0.39, 0.29) is 0 Å². The molecule has 1 N–H and O–H groups in total. The Labute approximate surface area is 193 Å². The maximum atomic E-state index is 6.11. The van der Waals surface area contributed by atoms with Crippen LogP contribution in [0.1, 0.15) is 5.56 Å². The molecule has 1 fully saturated rings. The number of benzene rings is 3. The van der Waals surface area contributed by atoms with Gasteiger partial charge in [0.15, 0.2) is 0 Å². The molecule has 6 heteroatoms. The van der Waals surface area contributed by atoms with Gasteiger partial charge in [0.25, 0.3) is 0 Å². The summed E-state index contributed by atoms with van der Waals surface area (Å²) in [7, 11) is 0. The lowest BCUT2D eigenvalue weighted by Gasteiger charge is -2.36. The van der Waals surface area contributed by atoms with Crippen molar-refractivity contribution in [2.24, 2.45) is 0 Å². The van der Waals surface area contributed by atoms with Crippen molar-refractivity contribution in [2.75, 3.05) is 36.4 Å². The Morgan fingerprint density at radius 2 is 1.69 bits per heavy atom. The van der Waals surface area contributed by atoms with Gasteiger partial charge in [-0.3, -0.25) is 4.98 Å². The second-order valence-electron chi connectivity index (χ2n) is 7.96. The van der Waals surface area contributed by atoms with Crippen molar-refractivity contribution in [3.05, 3.63) is 89.6 Å². The van der Waals surface area contributed by atoms with E-state index < -0.39 is 0 Å². The Kier molecular flexibility index (Phi) is 5.84. The van der Waals surface area contributed by atoms with Crippen LogP contribution >= 0.6 is 11.6 Å². The van der Waals surface area contributed by atoms with E-state index in [9.17, 15) is 0 Å². The minimum Gasteiger partial charge on any atom is -0.406 e. The molecule has 1 saturated heterocycles. The Morgan fingerprint density at radius 3 is 2.47 bits per heavy atom. The fraction of sp³-hybridized carbons (Fsp3) is 0.192. The average Bonchev–Trinajstić information content (AvgIpc) is 2.81. The van der Waals surface area contributed by atoms with E-state index in [4.69, 9.17) is 16.4 Å². The molecule has 0 atom stereocenters. The predicted octanol–water partition coefficient (Wildman–Crippen LogP) is 6.06.